The monoisotopic (exact) mass is 349 g/mol. The maximum Gasteiger partial charge on any atom is 0.335 e. The Hall–Kier alpha value is -3.41. The van der Waals surface area contributed by atoms with E-state index in [-0.39, 0.29) is 18.0 Å². The molecule has 3 aromatic rings. The second-order valence-electron chi connectivity index (χ2n) is 5.98. The Morgan fingerprint density at radius 2 is 1.81 bits per heavy atom. The molecule has 0 atom stereocenters. The summed E-state index contributed by atoms with van der Waals surface area (Å²) in [4.78, 5) is 23.7. The van der Waals surface area contributed by atoms with Gasteiger partial charge in [0.05, 0.1) is 28.2 Å². The molecular formula is C20H19N3O3. The van der Waals surface area contributed by atoms with E-state index < -0.39 is 5.97 Å². The summed E-state index contributed by atoms with van der Waals surface area (Å²) >= 11 is 0. The van der Waals surface area contributed by atoms with Crippen molar-refractivity contribution in [3.05, 3.63) is 82.7 Å². The summed E-state index contributed by atoms with van der Waals surface area (Å²) in [6.45, 7) is 3.90. The Morgan fingerprint density at radius 1 is 1.08 bits per heavy atom. The number of carbonyl (C=O) groups excluding carboxylic acids is 1. The number of hydrogen-bond acceptors (Lipinski definition) is 3. The van der Waals surface area contributed by atoms with E-state index in [1.807, 2.05) is 37.3 Å². The zero-order valence-corrected chi connectivity index (χ0v) is 14.6. The summed E-state index contributed by atoms with van der Waals surface area (Å²) in [5, 5.41) is 16.4. The Bertz CT molecular complexity index is 962. The van der Waals surface area contributed by atoms with E-state index in [0.29, 0.717) is 11.3 Å². The van der Waals surface area contributed by atoms with Gasteiger partial charge >= 0.3 is 5.97 Å². The van der Waals surface area contributed by atoms with E-state index in [1.54, 1.807) is 29.8 Å². The number of benzene rings is 2. The van der Waals surface area contributed by atoms with Gasteiger partial charge in [-0.2, -0.15) is 5.10 Å². The lowest BCUT2D eigenvalue weighted by molar-refractivity contribution is 0.0696. The van der Waals surface area contributed by atoms with Crippen LogP contribution in [0.2, 0.25) is 0 Å². The number of aromatic nitrogens is 2. The minimum absolute atomic E-state index is 0.195. The summed E-state index contributed by atoms with van der Waals surface area (Å²) in [6.07, 6.45) is 0. The van der Waals surface area contributed by atoms with Crippen LogP contribution >= 0.6 is 0 Å². The van der Waals surface area contributed by atoms with E-state index in [2.05, 4.69) is 10.4 Å². The number of amides is 1. The number of carbonyl (C=O) groups is 2. The Kier molecular flexibility index (Phi) is 4.84. The summed E-state index contributed by atoms with van der Waals surface area (Å²) in [5.74, 6) is -1.23. The van der Waals surface area contributed by atoms with Gasteiger partial charge in [0, 0.05) is 6.54 Å². The molecule has 0 saturated carbocycles. The molecule has 0 spiro atoms. The first-order valence-electron chi connectivity index (χ1n) is 8.19. The standard InChI is InChI=1S/C20H19N3O3/c1-13-18(14(2)23(22-13)17-9-4-3-5-10-17)19(24)21-12-15-7-6-8-16(11-15)20(25)26/h3-11H,12H2,1-2H3,(H,21,24)(H,25,26). The molecule has 0 saturated heterocycles. The third-order valence-corrected chi connectivity index (χ3v) is 4.15. The van der Waals surface area contributed by atoms with Crippen LogP contribution < -0.4 is 5.32 Å². The second kappa shape index (κ2) is 7.23. The van der Waals surface area contributed by atoms with Crippen molar-refractivity contribution in [1.82, 2.24) is 15.1 Å². The van der Waals surface area contributed by atoms with Crippen molar-refractivity contribution in [1.29, 1.82) is 0 Å². The van der Waals surface area contributed by atoms with E-state index >= 15 is 0 Å². The third-order valence-electron chi connectivity index (χ3n) is 4.15. The average molecular weight is 349 g/mol. The van der Waals surface area contributed by atoms with Crippen LogP contribution in [0, 0.1) is 13.8 Å². The van der Waals surface area contributed by atoms with Gasteiger partial charge in [-0.3, -0.25) is 4.79 Å². The number of rotatable bonds is 5. The van der Waals surface area contributed by atoms with Crippen LogP contribution in [0.5, 0.6) is 0 Å². The number of carboxylic acids is 1. The smallest absolute Gasteiger partial charge is 0.335 e. The fourth-order valence-electron chi connectivity index (χ4n) is 2.88. The second-order valence-corrected chi connectivity index (χ2v) is 5.98. The predicted octanol–water partition coefficient (Wildman–Crippen LogP) is 3.12. The molecule has 2 N–H and O–H groups in total. The number of para-hydroxylation sites is 1. The molecule has 132 valence electrons. The molecule has 0 unspecified atom stereocenters. The first-order valence-corrected chi connectivity index (χ1v) is 8.19. The first kappa shape index (κ1) is 17.4. The minimum Gasteiger partial charge on any atom is -0.478 e. The molecule has 1 heterocycles. The van der Waals surface area contributed by atoms with Gasteiger partial charge in [0.25, 0.3) is 5.91 Å². The molecule has 0 aliphatic carbocycles. The fourth-order valence-corrected chi connectivity index (χ4v) is 2.88. The molecule has 0 bridgehead atoms. The molecule has 6 heteroatoms. The van der Waals surface area contributed by atoms with Gasteiger partial charge in [-0.05, 0) is 43.7 Å². The highest BCUT2D eigenvalue weighted by Crippen LogP contribution is 2.18. The van der Waals surface area contributed by atoms with Crippen molar-refractivity contribution < 1.29 is 14.7 Å². The SMILES string of the molecule is Cc1nn(-c2ccccc2)c(C)c1C(=O)NCc1cccc(C(=O)O)c1. The summed E-state index contributed by atoms with van der Waals surface area (Å²) in [6, 6.07) is 16.1. The van der Waals surface area contributed by atoms with Gasteiger partial charge in [0.1, 0.15) is 0 Å². The van der Waals surface area contributed by atoms with Crippen LogP contribution in [0.4, 0.5) is 0 Å². The van der Waals surface area contributed by atoms with Crippen molar-refractivity contribution >= 4 is 11.9 Å². The largest absolute Gasteiger partial charge is 0.478 e. The first-order chi connectivity index (χ1) is 12.5. The molecule has 0 radical (unpaired) electrons. The number of carboxylic acid groups (broad SMARTS) is 1. The van der Waals surface area contributed by atoms with Gasteiger partial charge in [-0.1, -0.05) is 30.3 Å². The number of aryl methyl sites for hydroxylation is 1. The topological polar surface area (TPSA) is 84.2 Å². The molecule has 1 amide bonds. The highest BCUT2D eigenvalue weighted by atomic mass is 16.4. The van der Waals surface area contributed by atoms with Gasteiger partial charge < -0.3 is 10.4 Å². The average Bonchev–Trinajstić information content (AvgIpc) is 2.95. The molecule has 0 fully saturated rings. The lowest BCUT2D eigenvalue weighted by Crippen LogP contribution is -2.24. The quantitative estimate of drug-likeness (QED) is 0.741. The highest BCUT2D eigenvalue weighted by molar-refractivity contribution is 5.96. The minimum atomic E-state index is -0.992. The molecule has 3 rings (SSSR count). The lowest BCUT2D eigenvalue weighted by atomic mass is 10.1. The highest BCUT2D eigenvalue weighted by Gasteiger charge is 2.19. The molecule has 0 aliphatic heterocycles. The van der Waals surface area contributed by atoms with Crippen molar-refractivity contribution in [3.8, 4) is 5.69 Å². The zero-order chi connectivity index (χ0) is 18.7. The van der Waals surface area contributed by atoms with Crippen LogP contribution in [-0.2, 0) is 6.54 Å². The predicted molar refractivity (Wildman–Crippen MR) is 97.6 cm³/mol. The van der Waals surface area contributed by atoms with Crippen LogP contribution in [0.1, 0.15) is 37.7 Å². The molecule has 0 aliphatic rings. The molecule has 1 aromatic heterocycles. The van der Waals surface area contributed by atoms with E-state index in [0.717, 1.165) is 16.9 Å². The summed E-state index contributed by atoms with van der Waals surface area (Å²) in [5.41, 5.74) is 3.74. The molecule has 2 aromatic carbocycles. The van der Waals surface area contributed by atoms with Gasteiger partial charge in [0.2, 0.25) is 0 Å². The molecule has 6 nitrogen and oxygen atoms in total. The van der Waals surface area contributed by atoms with Gasteiger partial charge in [0.15, 0.2) is 0 Å². The molecular weight excluding hydrogens is 330 g/mol. The zero-order valence-electron chi connectivity index (χ0n) is 14.6. The van der Waals surface area contributed by atoms with Crippen LogP contribution in [0.15, 0.2) is 54.6 Å². The summed E-state index contributed by atoms with van der Waals surface area (Å²) in [7, 11) is 0. The van der Waals surface area contributed by atoms with Crippen molar-refractivity contribution in [2.45, 2.75) is 20.4 Å². The van der Waals surface area contributed by atoms with Gasteiger partial charge in [-0.25, -0.2) is 9.48 Å². The van der Waals surface area contributed by atoms with Crippen molar-refractivity contribution in [3.63, 3.8) is 0 Å². The fraction of sp³-hybridized carbons (Fsp3) is 0.150. The number of aromatic carboxylic acids is 1. The van der Waals surface area contributed by atoms with Crippen molar-refractivity contribution in [2.24, 2.45) is 0 Å². The number of hydrogen-bond donors (Lipinski definition) is 2. The third kappa shape index (κ3) is 3.49. The van der Waals surface area contributed by atoms with Gasteiger partial charge in [-0.15, -0.1) is 0 Å². The maximum atomic E-state index is 12.6. The number of nitrogens with zero attached hydrogens (tertiary/aromatic N) is 2. The normalized spacial score (nSPS) is 10.5. The van der Waals surface area contributed by atoms with E-state index in [4.69, 9.17) is 5.11 Å². The van der Waals surface area contributed by atoms with Crippen LogP contribution in [0.25, 0.3) is 5.69 Å². The Morgan fingerprint density at radius 3 is 2.50 bits per heavy atom. The Balaban J connectivity index is 1.80. The van der Waals surface area contributed by atoms with Crippen LogP contribution in [-0.4, -0.2) is 26.8 Å². The van der Waals surface area contributed by atoms with Crippen molar-refractivity contribution in [2.75, 3.05) is 0 Å². The van der Waals surface area contributed by atoms with E-state index in [1.165, 1.54) is 6.07 Å². The number of nitrogens with one attached hydrogen (secondary N) is 1. The van der Waals surface area contributed by atoms with Crippen LogP contribution in [0.3, 0.4) is 0 Å². The maximum absolute atomic E-state index is 12.6. The van der Waals surface area contributed by atoms with E-state index in [9.17, 15) is 9.59 Å². The lowest BCUT2D eigenvalue weighted by Gasteiger charge is -2.07. The summed E-state index contributed by atoms with van der Waals surface area (Å²) < 4.78 is 1.75. The molecule has 26 heavy (non-hydrogen) atoms. The Labute approximate surface area is 151 Å².